The van der Waals surface area contributed by atoms with Crippen LogP contribution in [0, 0.1) is 17.0 Å². The van der Waals surface area contributed by atoms with Crippen LogP contribution in [-0.2, 0) is 0 Å². The number of rotatable bonds is 3. The summed E-state index contributed by atoms with van der Waals surface area (Å²) < 4.78 is 0. The molecule has 3 rings (SSSR count). The Labute approximate surface area is 131 Å². The number of hydrogen-bond acceptors (Lipinski definition) is 4. The molecule has 0 radical (unpaired) electrons. The largest absolute Gasteiger partial charge is 0.321 e. The van der Waals surface area contributed by atoms with E-state index in [2.05, 4.69) is 10.3 Å². The fourth-order valence-corrected chi connectivity index (χ4v) is 2.45. The molecule has 0 spiro atoms. The molecule has 2 aromatic carbocycles. The molecular formula is C17H13N3O3. The highest BCUT2D eigenvalue weighted by molar-refractivity contribution is 6.12. The van der Waals surface area contributed by atoms with Crippen molar-refractivity contribution in [2.45, 2.75) is 6.92 Å². The predicted octanol–water partition coefficient (Wildman–Crippen LogP) is 3.70. The number of hydrogen-bond donors (Lipinski definition) is 1. The lowest BCUT2D eigenvalue weighted by Crippen LogP contribution is -2.13. The standard InChI is InChI=1S/C17H13N3O3/c1-11-14(7-3-9-16(11)20(22)23)19-17(21)13-5-2-8-15-12(13)6-4-10-18-15/h2-10H,1H3,(H,19,21). The lowest BCUT2D eigenvalue weighted by Gasteiger charge is -2.10. The van der Waals surface area contributed by atoms with E-state index < -0.39 is 4.92 Å². The van der Waals surface area contributed by atoms with E-state index in [4.69, 9.17) is 0 Å². The average molecular weight is 307 g/mol. The molecule has 6 nitrogen and oxygen atoms in total. The average Bonchev–Trinajstić information content (AvgIpc) is 2.56. The molecule has 0 bridgehead atoms. The smallest absolute Gasteiger partial charge is 0.274 e. The van der Waals surface area contributed by atoms with E-state index in [1.54, 1.807) is 43.5 Å². The number of nitro groups is 1. The third kappa shape index (κ3) is 2.74. The van der Waals surface area contributed by atoms with Crippen molar-refractivity contribution >= 4 is 28.2 Å². The first kappa shape index (κ1) is 14.6. The van der Waals surface area contributed by atoms with Gasteiger partial charge in [0, 0.05) is 23.2 Å². The van der Waals surface area contributed by atoms with Crippen molar-refractivity contribution < 1.29 is 9.72 Å². The minimum Gasteiger partial charge on any atom is -0.321 e. The lowest BCUT2D eigenvalue weighted by atomic mass is 10.1. The number of amides is 1. The number of nitrogens with zero attached hydrogens (tertiary/aromatic N) is 2. The highest BCUT2D eigenvalue weighted by Crippen LogP contribution is 2.26. The van der Waals surface area contributed by atoms with E-state index in [-0.39, 0.29) is 11.6 Å². The maximum absolute atomic E-state index is 12.6. The van der Waals surface area contributed by atoms with Gasteiger partial charge in [0.1, 0.15) is 0 Å². The van der Waals surface area contributed by atoms with Gasteiger partial charge in [0.05, 0.1) is 21.7 Å². The quantitative estimate of drug-likeness (QED) is 0.590. The summed E-state index contributed by atoms with van der Waals surface area (Å²) in [7, 11) is 0. The second-order valence-electron chi connectivity index (χ2n) is 5.04. The van der Waals surface area contributed by atoms with Crippen LogP contribution in [0.15, 0.2) is 54.7 Å². The molecule has 23 heavy (non-hydrogen) atoms. The zero-order valence-electron chi connectivity index (χ0n) is 12.3. The van der Waals surface area contributed by atoms with Gasteiger partial charge in [-0.05, 0) is 31.2 Å². The maximum Gasteiger partial charge on any atom is 0.274 e. The molecule has 0 saturated heterocycles. The van der Waals surface area contributed by atoms with Gasteiger partial charge < -0.3 is 5.32 Å². The van der Waals surface area contributed by atoms with Crippen molar-refractivity contribution in [2.24, 2.45) is 0 Å². The Kier molecular flexibility index (Phi) is 3.72. The van der Waals surface area contributed by atoms with E-state index >= 15 is 0 Å². The molecule has 0 unspecified atom stereocenters. The first-order valence-electron chi connectivity index (χ1n) is 6.97. The number of benzene rings is 2. The van der Waals surface area contributed by atoms with Crippen LogP contribution in [0.25, 0.3) is 10.9 Å². The number of pyridine rings is 1. The molecule has 0 aliphatic rings. The van der Waals surface area contributed by atoms with E-state index in [0.717, 1.165) is 10.9 Å². The van der Waals surface area contributed by atoms with Gasteiger partial charge in [0.25, 0.3) is 11.6 Å². The summed E-state index contributed by atoms with van der Waals surface area (Å²) in [5.41, 5.74) is 2.01. The van der Waals surface area contributed by atoms with Crippen LogP contribution in [0.3, 0.4) is 0 Å². The van der Waals surface area contributed by atoms with Crippen molar-refractivity contribution in [1.82, 2.24) is 4.98 Å². The van der Waals surface area contributed by atoms with Crippen LogP contribution in [0.4, 0.5) is 11.4 Å². The van der Waals surface area contributed by atoms with Crippen LogP contribution in [0.5, 0.6) is 0 Å². The number of fused-ring (bicyclic) bond motifs is 1. The van der Waals surface area contributed by atoms with E-state index in [0.29, 0.717) is 16.8 Å². The molecule has 1 amide bonds. The van der Waals surface area contributed by atoms with Crippen LogP contribution in [0.2, 0.25) is 0 Å². The van der Waals surface area contributed by atoms with Gasteiger partial charge in [-0.3, -0.25) is 19.9 Å². The summed E-state index contributed by atoms with van der Waals surface area (Å²) in [6.45, 7) is 1.61. The molecular weight excluding hydrogens is 294 g/mol. The van der Waals surface area contributed by atoms with Crippen molar-refractivity contribution in [1.29, 1.82) is 0 Å². The number of carbonyl (C=O) groups excluding carboxylic acids is 1. The minimum absolute atomic E-state index is 0.0256. The predicted molar refractivity (Wildman–Crippen MR) is 87.5 cm³/mol. The van der Waals surface area contributed by atoms with Crippen molar-refractivity contribution in [2.75, 3.05) is 5.32 Å². The molecule has 6 heteroatoms. The second kappa shape index (κ2) is 5.84. The van der Waals surface area contributed by atoms with Gasteiger partial charge in [0.15, 0.2) is 0 Å². The van der Waals surface area contributed by atoms with E-state index in [1.807, 2.05) is 12.1 Å². The first-order chi connectivity index (χ1) is 11.1. The molecule has 3 aromatic rings. The monoisotopic (exact) mass is 307 g/mol. The summed E-state index contributed by atoms with van der Waals surface area (Å²) >= 11 is 0. The van der Waals surface area contributed by atoms with Crippen LogP contribution in [-0.4, -0.2) is 15.8 Å². The third-order valence-corrected chi connectivity index (χ3v) is 3.64. The Hall–Kier alpha value is -3.28. The number of nitrogens with one attached hydrogen (secondary N) is 1. The number of carbonyl (C=O) groups is 1. The second-order valence-corrected chi connectivity index (χ2v) is 5.04. The number of nitro benzene ring substituents is 1. The summed E-state index contributed by atoms with van der Waals surface area (Å²) in [5.74, 6) is -0.327. The van der Waals surface area contributed by atoms with Crippen molar-refractivity contribution in [3.8, 4) is 0 Å². The Morgan fingerprint density at radius 3 is 2.70 bits per heavy atom. The van der Waals surface area contributed by atoms with Crippen molar-refractivity contribution in [3.05, 3.63) is 76.0 Å². The first-order valence-corrected chi connectivity index (χ1v) is 6.97. The maximum atomic E-state index is 12.6. The Morgan fingerprint density at radius 1 is 1.13 bits per heavy atom. The molecule has 0 saturated carbocycles. The SMILES string of the molecule is Cc1c(NC(=O)c2cccc3ncccc23)cccc1[N+](=O)[O-]. The van der Waals surface area contributed by atoms with Crippen LogP contribution >= 0.6 is 0 Å². The van der Waals surface area contributed by atoms with Crippen molar-refractivity contribution in [3.63, 3.8) is 0 Å². The van der Waals surface area contributed by atoms with Gasteiger partial charge in [-0.1, -0.05) is 18.2 Å². The summed E-state index contributed by atoms with van der Waals surface area (Å²) in [6.07, 6.45) is 1.66. The normalized spacial score (nSPS) is 10.5. The topological polar surface area (TPSA) is 85.1 Å². The van der Waals surface area contributed by atoms with Gasteiger partial charge in [-0.25, -0.2) is 0 Å². The van der Waals surface area contributed by atoms with E-state index in [9.17, 15) is 14.9 Å². The molecule has 0 fully saturated rings. The van der Waals surface area contributed by atoms with Gasteiger partial charge in [-0.15, -0.1) is 0 Å². The van der Waals surface area contributed by atoms with Gasteiger partial charge in [-0.2, -0.15) is 0 Å². The third-order valence-electron chi connectivity index (χ3n) is 3.64. The van der Waals surface area contributed by atoms with Crippen LogP contribution in [0.1, 0.15) is 15.9 Å². The van der Waals surface area contributed by atoms with Gasteiger partial charge >= 0.3 is 0 Å². The Morgan fingerprint density at radius 2 is 1.91 bits per heavy atom. The lowest BCUT2D eigenvalue weighted by molar-refractivity contribution is -0.385. The summed E-state index contributed by atoms with van der Waals surface area (Å²) in [6, 6.07) is 13.5. The fraction of sp³-hybridized carbons (Fsp3) is 0.0588. The molecule has 0 aliphatic heterocycles. The summed E-state index contributed by atoms with van der Waals surface area (Å²) in [5, 5.41) is 14.5. The minimum atomic E-state index is -0.465. The fourth-order valence-electron chi connectivity index (χ4n) is 2.45. The molecule has 1 heterocycles. The zero-order valence-corrected chi connectivity index (χ0v) is 12.3. The zero-order chi connectivity index (χ0) is 16.4. The molecule has 0 aliphatic carbocycles. The Bertz CT molecular complexity index is 917. The number of anilines is 1. The number of aromatic nitrogens is 1. The Balaban J connectivity index is 1.99. The van der Waals surface area contributed by atoms with Gasteiger partial charge in [0.2, 0.25) is 0 Å². The molecule has 114 valence electrons. The molecule has 0 atom stereocenters. The van der Waals surface area contributed by atoms with E-state index in [1.165, 1.54) is 6.07 Å². The van der Waals surface area contributed by atoms with Crippen LogP contribution < -0.4 is 5.32 Å². The highest BCUT2D eigenvalue weighted by atomic mass is 16.6. The molecule has 1 aromatic heterocycles. The summed E-state index contributed by atoms with van der Waals surface area (Å²) in [4.78, 5) is 27.3. The molecule has 1 N–H and O–H groups in total. The highest BCUT2D eigenvalue weighted by Gasteiger charge is 2.16.